The summed E-state index contributed by atoms with van der Waals surface area (Å²) in [6.45, 7) is 2.75. The summed E-state index contributed by atoms with van der Waals surface area (Å²) >= 11 is 0. The lowest BCUT2D eigenvalue weighted by atomic mass is 10.2. The van der Waals surface area contributed by atoms with Gasteiger partial charge in [-0.25, -0.2) is 13.1 Å². The molecule has 1 aliphatic rings. The van der Waals surface area contributed by atoms with E-state index in [-0.39, 0.29) is 30.1 Å². The number of amides is 1. The van der Waals surface area contributed by atoms with Crippen LogP contribution >= 0.6 is 0 Å². The van der Waals surface area contributed by atoms with Crippen molar-refractivity contribution in [2.75, 3.05) is 25.1 Å². The van der Waals surface area contributed by atoms with Gasteiger partial charge >= 0.3 is 0 Å². The highest BCUT2D eigenvalue weighted by atomic mass is 32.2. The minimum absolute atomic E-state index is 0.0678. The minimum atomic E-state index is -3.61. The van der Waals surface area contributed by atoms with Crippen LogP contribution in [0.1, 0.15) is 18.4 Å². The summed E-state index contributed by atoms with van der Waals surface area (Å²) in [5, 5.41) is 2.68. The average molecular weight is 404 g/mol. The maximum absolute atomic E-state index is 12.3. The molecular weight excluding hydrogens is 380 g/mol. The highest BCUT2D eigenvalue weighted by molar-refractivity contribution is 7.89. The smallest absolute Gasteiger partial charge is 0.262 e. The van der Waals surface area contributed by atoms with Crippen LogP contribution < -0.4 is 14.8 Å². The van der Waals surface area contributed by atoms with Crippen LogP contribution in [0.2, 0.25) is 0 Å². The molecule has 0 radical (unpaired) electrons. The van der Waals surface area contributed by atoms with Crippen LogP contribution in [-0.2, 0) is 19.6 Å². The lowest BCUT2D eigenvalue weighted by molar-refractivity contribution is -0.118. The topological polar surface area (TPSA) is 93.7 Å². The molecule has 7 nitrogen and oxygen atoms in total. The highest BCUT2D eigenvalue weighted by Gasteiger charge is 2.20. The van der Waals surface area contributed by atoms with E-state index in [4.69, 9.17) is 9.47 Å². The minimum Gasteiger partial charge on any atom is -0.484 e. The summed E-state index contributed by atoms with van der Waals surface area (Å²) in [5.74, 6) is 0.294. The summed E-state index contributed by atoms with van der Waals surface area (Å²) in [6.07, 6.45) is 1.74. The van der Waals surface area contributed by atoms with Gasteiger partial charge < -0.3 is 14.8 Å². The van der Waals surface area contributed by atoms with E-state index in [1.165, 1.54) is 12.1 Å². The predicted octanol–water partition coefficient (Wildman–Crippen LogP) is 2.47. The molecule has 8 heteroatoms. The average Bonchev–Trinajstić information content (AvgIpc) is 3.19. The van der Waals surface area contributed by atoms with Crippen LogP contribution in [0.25, 0.3) is 0 Å². The molecule has 0 spiro atoms. The number of carbonyl (C=O) groups is 1. The fraction of sp³-hybridized carbons (Fsp3) is 0.350. The van der Waals surface area contributed by atoms with Crippen LogP contribution in [0.15, 0.2) is 53.4 Å². The number of anilines is 1. The lowest BCUT2D eigenvalue weighted by Gasteiger charge is -2.12. The quantitative estimate of drug-likeness (QED) is 0.705. The molecule has 0 aromatic heterocycles. The van der Waals surface area contributed by atoms with Gasteiger partial charge in [0.2, 0.25) is 10.0 Å². The van der Waals surface area contributed by atoms with Gasteiger partial charge in [-0.1, -0.05) is 12.1 Å². The maximum Gasteiger partial charge on any atom is 0.262 e. The lowest BCUT2D eigenvalue weighted by Crippen LogP contribution is -2.31. The standard InChI is InChI=1S/C20H24N2O5S/c1-15-4-2-5-17(12-15)27-14-20(23)22-16-7-9-19(10-8-16)28(24,25)21-13-18-6-3-11-26-18/h2,4-5,7-10,12,18,21H,3,6,11,13-14H2,1H3,(H,22,23). The number of hydrogen-bond acceptors (Lipinski definition) is 5. The Balaban J connectivity index is 1.51. The SMILES string of the molecule is Cc1cccc(OCC(=O)Nc2ccc(S(=O)(=O)NCC3CCCO3)cc2)c1. The summed E-state index contributed by atoms with van der Waals surface area (Å²) in [6, 6.07) is 13.4. The number of ether oxygens (including phenoxy) is 2. The van der Waals surface area contributed by atoms with E-state index in [1.807, 2.05) is 25.1 Å². The van der Waals surface area contributed by atoms with E-state index in [9.17, 15) is 13.2 Å². The third-order valence-electron chi connectivity index (χ3n) is 4.33. The van der Waals surface area contributed by atoms with Gasteiger partial charge in [-0.05, 0) is 61.7 Å². The Morgan fingerprint density at radius 1 is 1.21 bits per heavy atom. The third kappa shape index (κ3) is 5.79. The zero-order valence-electron chi connectivity index (χ0n) is 15.7. The maximum atomic E-state index is 12.3. The third-order valence-corrected chi connectivity index (χ3v) is 5.77. The van der Waals surface area contributed by atoms with Crippen LogP contribution in [0, 0.1) is 6.92 Å². The fourth-order valence-electron chi connectivity index (χ4n) is 2.86. The van der Waals surface area contributed by atoms with Crippen molar-refractivity contribution in [3.63, 3.8) is 0 Å². The molecule has 1 fully saturated rings. The largest absolute Gasteiger partial charge is 0.484 e. The van der Waals surface area contributed by atoms with Gasteiger partial charge in [0.1, 0.15) is 5.75 Å². The Hall–Kier alpha value is -2.42. The molecule has 1 aliphatic heterocycles. The van der Waals surface area contributed by atoms with E-state index < -0.39 is 10.0 Å². The van der Waals surface area contributed by atoms with Gasteiger partial charge in [0, 0.05) is 18.8 Å². The summed E-state index contributed by atoms with van der Waals surface area (Å²) in [5.41, 5.74) is 1.54. The van der Waals surface area contributed by atoms with Gasteiger partial charge in [-0.2, -0.15) is 0 Å². The monoisotopic (exact) mass is 404 g/mol. The van der Waals surface area contributed by atoms with Crippen LogP contribution in [0.3, 0.4) is 0 Å². The molecule has 28 heavy (non-hydrogen) atoms. The number of hydrogen-bond donors (Lipinski definition) is 2. The Kier molecular flexibility index (Phi) is 6.66. The molecule has 0 aliphatic carbocycles. The molecule has 1 amide bonds. The first-order valence-corrected chi connectivity index (χ1v) is 10.6. The zero-order valence-corrected chi connectivity index (χ0v) is 16.5. The molecule has 1 unspecified atom stereocenters. The Labute approximate surface area is 165 Å². The molecule has 1 saturated heterocycles. The number of carbonyl (C=O) groups excluding carboxylic acids is 1. The molecule has 1 atom stereocenters. The van der Waals surface area contributed by atoms with Gasteiger partial charge in [-0.3, -0.25) is 4.79 Å². The summed E-state index contributed by atoms with van der Waals surface area (Å²) in [4.78, 5) is 12.2. The first-order chi connectivity index (χ1) is 13.4. The van der Waals surface area contributed by atoms with Gasteiger partial charge in [-0.15, -0.1) is 0 Å². The molecule has 2 aromatic rings. The number of sulfonamides is 1. The van der Waals surface area contributed by atoms with Crippen molar-refractivity contribution in [1.82, 2.24) is 4.72 Å². The van der Waals surface area contributed by atoms with Crippen LogP contribution in [0.5, 0.6) is 5.75 Å². The Bertz CT molecular complexity index is 906. The Morgan fingerprint density at radius 2 is 2.00 bits per heavy atom. The number of benzene rings is 2. The molecule has 0 saturated carbocycles. The van der Waals surface area contributed by atoms with Gasteiger partial charge in [0.05, 0.1) is 11.0 Å². The second kappa shape index (κ2) is 9.18. The van der Waals surface area contributed by atoms with Crippen LogP contribution in [0.4, 0.5) is 5.69 Å². The molecule has 150 valence electrons. The molecule has 1 heterocycles. The summed E-state index contributed by atoms with van der Waals surface area (Å²) < 4.78 is 38.1. The van der Waals surface area contributed by atoms with Crippen molar-refractivity contribution in [1.29, 1.82) is 0 Å². The van der Waals surface area contributed by atoms with Crippen molar-refractivity contribution < 1.29 is 22.7 Å². The first-order valence-electron chi connectivity index (χ1n) is 9.13. The summed E-state index contributed by atoms with van der Waals surface area (Å²) in [7, 11) is -3.61. The van der Waals surface area contributed by atoms with Gasteiger partial charge in [0.15, 0.2) is 6.61 Å². The molecule has 2 N–H and O–H groups in total. The molecule has 0 bridgehead atoms. The van der Waals surface area contributed by atoms with Crippen molar-refractivity contribution in [3.05, 3.63) is 54.1 Å². The van der Waals surface area contributed by atoms with Gasteiger partial charge in [0.25, 0.3) is 5.91 Å². The molecule has 3 rings (SSSR count). The number of aryl methyl sites for hydroxylation is 1. The van der Waals surface area contributed by atoms with E-state index in [1.54, 1.807) is 18.2 Å². The van der Waals surface area contributed by atoms with Crippen molar-refractivity contribution in [3.8, 4) is 5.75 Å². The van der Waals surface area contributed by atoms with E-state index >= 15 is 0 Å². The van der Waals surface area contributed by atoms with E-state index in [2.05, 4.69) is 10.0 Å². The number of nitrogens with one attached hydrogen (secondary N) is 2. The number of rotatable bonds is 8. The fourth-order valence-corrected chi connectivity index (χ4v) is 3.93. The molecular formula is C20H24N2O5S. The second-order valence-electron chi connectivity index (χ2n) is 6.66. The van der Waals surface area contributed by atoms with Crippen molar-refractivity contribution in [2.24, 2.45) is 0 Å². The highest BCUT2D eigenvalue weighted by Crippen LogP contribution is 2.16. The zero-order chi connectivity index (χ0) is 20.0. The normalized spacial score (nSPS) is 16.7. The predicted molar refractivity (Wildman–Crippen MR) is 106 cm³/mol. The van der Waals surface area contributed by atoms with Crippen molar-refractivity contribution >= 4 is 21.6 Å². The first kappa shape index (κ1) is 20.3. The second-order valence-corrected chi connectivity index (χ2v) is 8.43. The van der Waals surface area contributed by atoms with Crippen LogP contribution in [-0.4, -0.2) is 40.2 Å². The van der Waals surface area contributed by atoms with E-state index in [0.29, 0.717) is 18.0 Å². The molecule has 2 aromatic carbocycles. The van der Waals surface area contributed by atoms with E-state index in [0.717, 1.165) is 18.4 Å². The van der Waals surface area contributed by atoms with Crippen molar-refractivity contribution in [2.45, 2.75) is 30.8 Å². The Morgan fingerprint density at radius 3 is 2.68 bits per heavy atom.